The summed E-state index contributed by atoms with van der Waals surface area (Å²) in [6.45, 7) is 17.1. The van der Waals surface area contributed by atoms with Gasteiger partial charge in [-0.3, -0.25) is 4.79 Å². The second-order valence-electron chi connectivity index (χ2n) is 7.29. The quantitative estimate of drug-likeness (QED) is 0.223. The first-order valence-electron chi connectivity index (χ1n) is 8.87. The van der Waals surface area contributed by atoms with E-state index in [1.165, 1.54) is 0 Å². The van der Waals surface area contributed by atoms with E-state index >= 15 is 0 Å². The van der Waals surface area contributed by atoms with Gasteiger partial charge in [0.15, 0.2) is 0 Å². The van der Waals surface area contributed by atoms with Crippen LogP contribution in [0.5, 0.6) is 0 Å². The summed E-state index contributed by atoms with van der Waals surface area (Å²) in [7, 11) is 0. The van der Waals surface area contributed by atoms with Crippen molar-refractivity contribution in [1.82, 2.24) is 0 Å². The molecule has 0 aliphatic heterocycles. The van der Waals surface area contributed by atoms with Gasteiger partial charge in [0.25, 0.3) is 0 Å². The third-order valence-corrected chi connectivity index (χ3v) is 4.18. The lowest BCUT2D eigenvalue weighted by Crippen LogP contribution is -2.48. The Morgan fingerprint density at radius 1 is 0.792 bits per heavy atom. The van der Waals surface area contributed by atoms with Gasteiger partial charge < -0.3 is 4.74 Å². The fourth-order valence-electron chi connectivity index (χ4n) is 1.63. The summed E-state index contributed by atoms with van der Waals surface area (Å²) >= 11 is 0. The maximum absolute atomic E-state index is 12.3. The predicted molar refractivity (Wildman–Crippen MR) is 91.9 cm³/mol. The lowest BCUT2D eigenvalue weighted by molar-refractivity contribution is -0.547. The Morgan fingerprint density at radius 3 is 1.50 bits per heavy atom. The number of hydrogen-bond donors (Lipinski definition) is 0. The number of hydrogen-bond acceptors (Lipinski definition) is 6. The minimum atomic E-state index is -1.42. The first-order valence-corrected chi connectivity index (χ1v) is 8.87. The maximum atomic E-state index is 12.3. The lowest BCUT2D eigenvalue weighted by Gasteiger charge is -2.37. The van der Waals surface area contributed by atoms with E-state index in [1.807, 2.05) is 48.5 Å². The Balaban J connectivity index is 5.33. The number of esters is 1. The van der Waals surface area contributed by atoms with Crippen molar-refractivity contribution in [3.63, 3.8) is 0 Å². The second-order valence-corrected chi connectivity index (χ2v) is 7.29. The first-order chi connectivity index (χ1) is 11.0. The molecule has 1 unspecified atom stereocenters. The molecule has 0 rings (SSSR count). The zero-order chi connectivity index (χ0) is 19.0. The topological polar surface area (TPSA) is 63.2 Å². The Labute approximate surface area is 147 Å². The molecule has 0 heterocycles. The van der Waals surface area contributed by atoms with Crippen molar-refractivity contribution in [3.05, 3.63) is 0 Å². The van der Waals surface area contributed by atoms with E-state index < -0.39 is 28.9 Å². The SMILES string of the molecule is CCOC(=O)C(CC)C(C)(OOC(C)(C)CC)OOC(C)(C)CC. The molecule has 0 spiro atoms. The fraction of sp³-hybridized carbons (Fsp3) is 0.944. The van der Waals surface area contributed by atoms with Crippen LogP contribution in [0.15, 0.2) is 0 Å². The highest BCUT2D eigenvalue weighted by molar-refractivity contribution is 5.73. The summed E-state index contributed by atoms with van der Waals surface area (Å²) in [5.41, 5.74) is -1.03. The van der Waals surface area contributed by atoms with E-state index in [4.69, 9.17) is 24.3 Å². The fourth-order valence-corrected chi connectivity index (χ4v) is 1.63. The highest BCUT2D eigenvalue weighted by Crippen LogP contribution is 2.32. The Bertz CT molecular complexity index is 358. The molecular weight excluding hydrogens is 312 g/mol. The molecule has 0 aromatic rings. The van der Waals surface area contributed by atoms with Gasteiger partial charge in [-0.2, -0.15) is 9.78 Å². The molecular formula is C18H36O6. The minimum Gasteiger partial charge on any atom is -0.466 e. The van der Waals surface area contributed by atoms with Gasteiger partial charge in [-0.1, -0.05) is 20.8 Å². The van der Waals surface area contributed by atoms with Crippen LogP contribution < -0.4 is 0 Å². The first kappa shape index (κ1) is 23.3. The highest BCUT2D eigenvalue weighted by Gasteiger charge is 2.46. The molecule has 0 saturated carbocycles. The molecule has 0 aliphatic rings. The highest BCUT2D eigenvalue weighted by atomic mass is 17.3. The summed E-state index contributed by atoms with van der Waals surface area (Å²) in [6.07, 6.45) is 1.93. The van der Waals surface area contributed by atoms with Gasteiger partial charge in [-0.05, 0) is 60.8 Å². The molecule has 0 saturated heterocycles. The lowest BCUT2D eigenvalue weighted by atomic mass is 9.97. The minimum absolute atomic E-state index is 0.286. The maximum Gasteiger partial charge on any atom is 0.314 e. The van der Waals surface area contributed by atoms with Crippen molar-refractivity contribution in [2.24, 2.45) is 5.92 Å². The molecule has 0 aromatic heterocycles. The molecule has 24 heavy (non-hydrogen) atoms. The van der Waals surface area contributed by atoms with Gasteiger partial charge in [0, 0.05) is 0 Å². The summed E-state index contributed by atoms with van der Waals surface area (Å²) in [6, 6.07) is 0. The standard InChI is InChI=1S/C18H36O6/c1-10-14(15(19)20-13-4)18(9,23-21-16(5,6)11-2)24-22-17(7,8)12-3/h14H,10-13H2,1-9H3. The Hall–Kier alpha value is -0.690. The van der Waals surface area contributed by atoms with Gasteiger partial charge in [0.2, 0.25) is 5.79 Å². The smallest absolute Gasteiger partial charge is 0.314 e. The number of carbonyl (C=O) groups is 1. The van der Waals surface area contributed by atoms with Crippen LogP contribution in [0, 0.1) is 5.92 Å². The van der Waals surface area contributed by atoms with Crippen molar-refractivity contribution in [2.75, 3.05) is 6.61 Å². The van der Waals surface area contributed by atoms with Crippen LogP contribution in [-0.4, -0.2) is 29.6 Å². The zero-order valence-corrected chi connectivity index (χ0v) is 16.9. The molecule has 0 bridgehead atoms. The number of carbonyl (C=O) groups excluding carboxylic acids is 1. The molecule has 6 nitrogen and oxygen atoms in total. The van der Waals surface area contributed by atoms with Crippen LogP contribution in [0.2, 0.25) is 0 Å². The average molecular weight is 348 g/mol. The largest absolute Gasteiger partial charge is 0.466 e. The Morgan fingerprint density at radius 2 is 1.21 bits per heavy atom. The van der Waals surface area contributed by atoms with Crippen molar-refractivity contribution in [3.8, 4) is 0 Å². The normalized spacial score (nSPS) is 14.5. The van der Waals surface area contributed by atoms with E-state index in [0.29, 0.717) is 6.42 Å². The van der Waals surface area contributed by atoms with Crippen LogP contribution in [-0.2, 0) is 29.1 Å². The molecule has 0 aliphatic carbocycles. The van der Waals surface area contributed by atoms with Crippen molar-refractivity contribution in [1.29, 1.82) is 0 Å². The van der Waals surface area contributed by atoms with Crippen molar-refractivity contribution >= 4 is 5.97 Å². The zero-order valence-electron chi connectivity index (χ0n) is 16.9. The molecule has 0 aromatic carbocycles. The van der Waals surface area contributed by atoms with E-state index in [-0.39, 0.29) is 6.61 Å². The van der Waals surface area contributed by atoms with Gasteiger partial charge in [0.05, 0.1) is 17.8 Å². The van der Waals surface area contributed by atoms with Gasteiger partial charge in [-0.25, -0.2) is 9.78 Å². The molecule has 0 radical (unpaired) electrons. The number of ether oxygens (including phenoxy) is 1. The third kappa shape index (κ3) is 7.47. The van der Waals surface area contributed by atoms with Gasteiger partial charge >= 0.3 is 5.97 Å². The van der Waals surface area contributed by atoms with Crippen LogP contribution in [0.1, 0.15) is 81.6 Å². The molecule has 0 N–H and O–H groups in total. The van der Waals surface area contributed by atoms with E-state index in [0.717, 1.165) is 12.8 Å². The molecule has 0 amide bonds. The second kappa shape index (κ2) is 9.70. The molecule has 1 atom stereocenters. The molecule has 0 fully saturated rings. The summed E-state index contributed by atoms with van der Waals surface area (Å²) < 4.78 is 5.15. The van der Waals surface area contributed by atoms with Gasteiger partial charge in [0.1, 0.15) is 5.92 Å². The monoisotopic (exact) mass is 348 g/mol. The van der Waals surface area contributed by atoms with Crippen LogP contribution in [0.25, 0.3) is 0 Å². The van der Waals surface area contributed by atoms with Crippen molar-refractivity contribution < 1.29 is 29.1 Å². The Kier molecular flexibility index (Phi) is 9.43. The van der Waals surface area contributed by atoms with Crippen LogP contribution >= 0.6 is 0 Å². The van der Waals surface area contributed by atoms with E-state index in [2.05, 4.69) is 0 Å². The van der Waals surface area contributed by atoms with Crippen LogP contribution in [0.3, 0.4) is 0 Å². The third-order valence-electron chi connectivity index (χ3n) is 4.18. The predicted octanol–water partition coefficient (Wildman–Crippen LogP) is 4.57. The van der Waals surface area contributed by atoms with E-state index in [9.17, 15) is 4.79 Å². The van der Waals surface area contributed by atoms with Crippen molar-refractivity contribution in [2.45, 2.75) is 98.6 Å². The molecule has 144 valence electrons. The summed E-state index contributed by atoms with van der Waals surface area (Å²) in [5, 5.41) is 0. The molecule has 6 heteroatoms. The van der Waals surface area contributed by atoms with Gasteiger partial charge in [-0.15, -0.1) is 0 Å². The van der Waals surface area contributed by atoms with E-state index in [1.54, 1.807) is 13.8 Å². The summed E-state index contributed by atoms with van der Waals surface area (Å²) in [4.78, 5) is 34.6. The van der Waals surface area contributed by atoms with Crippen LogP contribution in [0.4, 0.5) is 0 Å². The average Bonchev–Trinajstić information content (AvgIpc) is 2.52. The summed E-state index contributed by atoms with van der Waals surface area (Å²) in [5.74, 6) is -2.50. The number of rotatable bonds is 12.